The third-order valence-electron chi connectivity index (χ3n) is 5.16. The molecule has 0 aliphatic rings. The lowest BCUT2D eigenvalue weighted by Gasteiger charge is -2.29. The zero-order valence-electron chi connectivity index (χ0n) is 19.9. The fraction of sp³-hybridized carbons (Fsp3) is 0.375. The molecule has 0 fully saturated rings. The lowest BCUT2D eigenvalue weighted by molar-refractivity contribution is 0.0642. The van der Waals surface area contributed by atoms with Gasteiger partial charge in [0.2, 0.25) is 5.88 Å². The molecular formula is C24H29F3N3O3P. The number of carbonyl (C=O) groups is 1. The van der Waals surface area contributed by atoms with Crippen LogP contribution in [0.2, 0.25) is 0 Å². The van der Waals surface area contributed by atoms with E-state index in [9.17, 15) is 18.0 Å². The molecule has 0 radical (unpaired) electrons. The Labute approximate surface area is 200 Å². The highest BCUT2D eigenvalue weighted by atomic mass is 31.0. The lowest BCUT2D eigenvalue weighted by Crippen LogP contribution is -2.42. The summed E-state index contributed by atoms with van der Waals surface area (Å²) >= 11 is 0. The Morgan fingerprint density at radius 2 is 2.06 bits per heavy atom. The van der Waals surface area contributed by atoms with Crippen LogP contribution in [0, 0.1) is 12.7 Å². The molecule has 0 N–H and O–H groups in total. The van der Waals surface area contributed by atoms with Crippen LogP contribution in [0.5, 0.6) is 5.88 Å². The Kier molecular flexibility index (Phi) is 9.21. The van der Waals surface area contributed by atoms with E-state index in [0.717, 1.165) is 11.8 Å². The number of amides is 1. The number of nitrogens with zero attached hydrogens (tertiary/aromatic N) is 3. The van der Waals surface area contributed by atoms with E-state index in [0.29, 0.717) is 35.4 Å². The van der Waals surface area contributed by atoms with Gasteiger partial charge in [-0.2, -0.15) is 8.78 Å². The summed E-state index contributed by atoms with van der Waals surface area (Å²) in [6.07, 6.45) is 0.852. The van der Waals surface area contributed by atoms with Gasteiger partial charge in [0.1, 0.15) is 12.4 Å². The van der Waals surface area contributed by atoms with Crippen molar-refractivity contribution in [2.45, 2.75) is 39.4 Å². The first-order valence-electron chi connectivity index (χ1n) is 10.6. The Morgan fingerprint density at radius 3 is 2.62 bits per heavy atom. The van der Waals surface area contributed by atoms with Crippen LogP contribution in [0.25, 0.3) is 5.76 Å². The summed E-state index contributed by atoms with van der Waals surface area (Å²) in [4.78, 5) is 22.6. The number of aryl methyl sites for hydroxylation is 1. The molecule has 0 bridgehead atoms. The van der Waals surface area contributed by atoms with Gasteiger partial charge in [0.05, 0.1) is 11.6 Å². The number of ether oxygens (including phenoxy) is 2. The number of aromatic nitrogens is 1. The molecule has 0 saturated carbocycles. The van der Waals surface area contributed by atoms with Crippen molar-refractivity contribution in [1.82, 2.24) is 9.88 Å². The highest BCUT2D eigenvalue weighted by Gasteiger charge is 2.28. The van der Waals surface area contributed by atoms with E-state index in [1.54, 1.807) is 44.9 Å². The van der Waals surface area contributed by atoms with Crippen molar-refractivity contribution < 1.29 is 27.4 Å². The van der Waals surface area contributed by atoms with Gasteiger partial charge in [0.15, 0.2) is 11.7 Å². The smallest absolute Gasteiger partial charge is 0.285 e. The molecule has 1 aromatic carbocycles. The number of pyridine rings is 1. The van der Waals surface area contributed by atoms with E-state index in [1.807, 2.05) is 13.0 Å². The molecule has 34 heavy (non-hydrogen) atoms. The Bertz CT molecular complexity index is 1090. The molecule has 1 heterocycles. The predicted molar refractivity (Wildman–Crippen MR) is 130 cm³/mol. The standard InChI is InChI=1S/C24H29F3N3O3P/c1-7-30(15(3)13-32-22-20(25)11-18(12-29-22)24(26,27)34)23(31)19-10-8-9-14(2)21(19)16(4)33-17(5)28-6/h8-12,15H,4,7,13,34H2,1-3,5-6H3/b28-17-/t15-/m0/s1. The number of hydrogen-bond acceptors (Lipinski definition) is 5. The normalized spacial score (nSPS) is 12.8. The second kappa shape index (κ2) is 11.5. The minimum atomic E-state index is -3.30. The second-order valence-corrected chi connectivity index (χ2v) is 8.38. The Hall–Kier alpha value is -2.93. The molecule has 1 aromatic heterocycles. The summed E-state index contributed by atoms with van der Waals surface area (Å²) in [5.41, 5.74) is -2.13. The van der Waals surface area contributed by atoms with Crippen molar-refractivity contribution in [3.63, 3.8) is 0 Å². The first-order chi connectivity index (χ1) is 15.9. The molecule has 184 valence electrons. The van der Waals surface area contributed by atoms with Crippen molar-refractivity contribution in [3.8, 4) is 5.88 Å². The number of aliphatic imine (C=N–C) groups is 1. The number of rotatable bonds is 9. The third-order valence-corrected chi connectivity index (χ3v) is 5.49. The van der Waals surface area contributed by atoms with E-state index < -0.39 is 29.0 Å². The fourth-order valence-corrected chi connectivity index (χ4v) is 3.46. The Balaban J connectivity index is 2.23. The van der Waals surface area contributed by atoms with E-state index in [-0.39, 0.29) is 12.5 Å². The monoisotopic (exact) mass is 495 g/mol. The van der Waals surface area contributed by atoms with Gasteiger partial charge in [-0.3, -0.25) is 9.79 Å². The van der Waals surface area contributed by atoms with Gasteiger partial charge in [-0.1, -0.05) is 28.0 Å². The van der Waals surface area contributed by atoms with Crippen molar-refractivity contribution in [1.29, 1.82) is 0 Å². The lowest BCUT2D eigenvalue weighted by atomic mass is 9.99. The van der Waals surface area contributed by atoms with Gasteiger partial charge in [0, 0.05) is 37.8 Å². The van der Waals surface area contributed by atoms with E-state index in [1.165, 1.54) is 9.24 Å². The molecule has 0 saturated heterocycles. The zero-order chi connectivity index (χ0) is 25.6. The highest BCUT2D eigenvalue weighted by molar-refractivity contribution is 7.17. The van der Waals surface area contributed by atoms with Crippen LogP contribution in [-0.2, 0) is 10.4 Å². The van der Waals surface area contributed by atoms with Gasteiger partial charge in [0.25, 0.3) is 11.6 Å². The molecule has 0 aliphatic heterocycles. The number of benzene rings is 1. The summed E-state index contributed by atoms with van der Waals surface area (Å²) < 4.78 is 51.9. The van der Waals surface area contributed by atoms with Crippen LogP contribution in [-0.4, -0.2) is 47.9 Å². The molecule has 1 amide bonds. The van der Waals surface area contributed by atoms with Crippen LogP contribution in [0.4, 0.5) is 13.2 Å². The van der Waals surface area contributed by atoms with Gasteiger partial charge in [-0.05, 0) is 38.5 Å². The highest BCUT2D eigenvalue weighted by Crippen LogP contribution is 2.35. The van der Waals surface area contributed by atoms with Crippen molar-refractivity contribution in [2.24, 2.45) is 4.99 Å². The van der Waals surface area contributed by atoms with Gasteiger partial charge in [-0.25, -0.2) is 9.37 Å². The molecule has 2 aromatic rings. The number of alkyl halides is 2. The molecule has 1 unspecified atom stereocenters. The summed E-state index contributed by atoms with van der Waals surface area (Å²) in [5.74, 6) is -1.02. The van der Waals surface area contributed by atoms with Gasteiger partial charge >= 0.3 is 0 Å². The Morgan fingerprint density at radius 1 is 1.38 bits per heavy atom. The number of likely N-dealkylation sites (N-methyl/N-ethyl adjacent to an activating group) is 1. The average Bonchev–Trinajstić information content (AvgIpc) is 2.77. The van der Waals surface area contributed by atoms with Crippen LogP contribution in [0.15, 0.2) is 42.0 Å². The maximum Gasteiger partial charge on any atom is 0.285 e. The van der Waals surface area contributed by atoms with Crippen LogP contribution in [0.3, 0.4) is 0 Å². The van der Waals surface area contributed by atoms with Crippen molar-refractivity contribution in [2.75, 3.05) is 20.2 Å². The number of halogens is 3. The summed E-state index contributed by atoms with van der Waals surface area (Å²) in [6.45, 7) is 11.3. The van der Waals surface area contributed by atoms with Crippen LogP contribution in [0.1, 0.15) is 47.8 Å². The first-order valence-corrected chi connectivity index (χ1v) is 11.1. The first kappa shape index (κ1) is 27.3. The summed E-state index contributed by atoms with van der Waals surface area (Å²) in [5, 5.41) is 0. The van der Waals surface area contributed by atoms with Gasteiger partial charge in [-0.15, -0.1) is 0 Å². The molecular weight excluding hydrogens is 466 g/mol. The quantitative estimate of drug-likeness (QED) is 0.202. The molecule has 2 atom stereocenters. The molecule has 0 aliphatic carbocycles. The minimum Gasteiger partial charge on any atom is -0.473 e. The number of hydrogen-bond donors (Lipinski definition) is 0. The zero-order valence-corrected chi connectivity index (χ0v) is 21.0. The molecule has 2 rings (SSSR count). The van der Waals surface area contributed by atoms with Crippen LogP contribution < -0.4 is 4.74 Å². The van der Waals surface area contributed by atoms with Crippen LogP contribution >= 0.6 is 9.24 Å². The average molecular weight is 495 g/mol. The van der Waals surface area contributed by atoms with E-state index in [2.05, 4.69) is 16.6 Å². The summed E-state index contributed by atoms with van der Waals surface area (Å²) in [7, 11) is 2.92. The minimum absolute atomic E-state index is 0.0969. The summed E-state index contributed by atoms with van der Waals surface area (Å²) in [6, 6.07) is 5.48. The maximum absolute atomic E-state index is 14.2. The van der Waals surface area contributed by atoms with Crippen molar-refractivity contribution in [3.05, 3.63) is 65.1 Å². The number of carbonyl (C=O) groups excluding carboxylic acids is 1. The largest absolute Gasteiger partial charge is 0.473 e. The van der Waals surface area contributed by atoms with Gasteiger partial charge < -0.3 is 14.4 Å². The van der Waals surface area contributed by atoms with E-state index in [4.69, 9.17) is 9.47 Å². The molecule has 0 spiro atoms. The third kappa shape index (κ3) is 6.56. The molecule has 10 heteroatoms. The second-order valence-electron chi connectivity index (χ2n) is 7.65. The predicted octanol–water partition coefficient (Wildman–Crippen LogP) is 5.42. The topological polar surface area (TPSA) is 64.0 Å². The SMILES string of the molecule is C=C(O/C(C)=N\C)c1c(C)cccc1C(=O)N(CC)[C@@H](C)COc1ncc(C(F)(F)P)cc1F. The maximum atomic E-state index is 14.2. The van der Waals surface area contributed by atoms with E-state index >= 15 is 0 Å². The molecule has 6 nitrogen and oxygen atoms in total. The van der Waals surface area contributed by atoms with Crippen molar-refractivity contribution >= 4 is 26.8 Å². The fourth-order valence-electron chi connectivity index (χ4n) is 3.30.